The predicted molar refractivity (Wildman–Crippen MR) is 133 cm³/mol. The smallest absolute Gasteiger partial charge is 0.407 e. The summed E-state index contributed by atoms with van der Waals surface area (Å²) in [5.41, 5.74) is -0.491. The zero-order valence-corrected chi connectivity index (χ0v) is 22.4. The molecular weight excluding hydrogens is 546 g/mol. The normalized spacial score (nSPS) is 18.7. The number of hydrogen-bond acceptors (Lipinski definition) is 8. The molecule has 4 N–H and O–H groups in total. The average Bonchev–Trinajstić information content (AvgIpc) is 2.77. The van der Waals surface area contributed by atoms with Gasteiger partial charge in [0.25, 0.3) is 0 Å². The number of carbonyl (C=O) groups is 1. The molecule has 216 valence electrons. The molecule has 1 aromatic carbocycles. The molecule has 1 saturated carbocycles. The van der Waals surface area contributed by atoms with Crippen LogP contribution >= 0.6 is 0 Å². The van der Waals surface area contributed by atoms with E-state index in [1.54, 1.807) is 12.4 Å². The second kappa shape index (κ2) is 12.0. The Kier molecular flexibility index (Phi) is 9.39. The van der Waals surface area contributed by atoms with Crippen molar-refractivity contribution < 1.29 is 40.6 Å². The Hall–Kier alpha value is -3.04. The van der Waals surface area contributed by atoms with Gasteiger partial charge in [-0.05, 0) is 69.2 Å². The van der Waals surface area contributed by atoms with Crippen molar-refractivity contribution in [3.05, 3.63) is 42.0 Å². The fraction of sp³-hybridized carbons (Fsp3) is 0.542. The molecule has 1 fully saturated rings. The van der Waals surface area contributed by atoms with Crippen LogP contribution in [-0.4, -0.2) is 60.6 Å². The van der Waals surface area contributed by atoms with Crippen LogP contribution in [0, 0.1) is 11.7 Å². The Labute approximate surface area is 223 Å². The van der Waals surface area contributed by atoms with Gasteiger partial charge in [0.05, 0.1) is 29.2 Å². The molecule has 0 saturated heterocycles. The van der Waals surface area contributed by atoms with Gasteiger partial charge in [0.1, 0.15) is 5.82 Å². The molecule has 1 aromatic heterocycles. The highest BCUT2D eigenvalue weighted by atomic mass is 32.2. The van der Waals surface area contributed by atoms with Crippen molar-refractivity contribution in [1.82, 2.24) is 20.0 Å². The quantitative estimate of drug-likeness (QED) is 0.294. The molecule has 1 aliphatic carbocycles. The van der Waals surface area contributed by atoms with Crippen molar-refractivity contribution >= 4 is 27.8 Å². The topological polar surface area (TPSA) is 143 Å². The first kappa shape index (κ1) is 30.5. The van der Waals surface area contributed by atoms with Gasteiger partial charge in [-0.1, -0.05) is 0 Å². The van der Waals surface area contributed by atoms with Crippen molar-refractivity contribution in [2.75, 3.05) is 18.5 Å². The summed E-state index contributed by atoms with van der Waals surface area (Å²) in [4.78, 5) is 19.7. The van der Waals surface area contributed by atoms with Crippen molar-refractivity contribution in [3.8, 4) is 0 Å². The van der Waals surface area contributed by atoms with E-state index in [-0.39, 0.29) is 41.5 Å². The number of rotatable bonds is 11. The van der Waals surface area contributed by atoms with E-state index in [2.05, 4.69) is 25.3 Å². The minimum absolute atomic E-state index is 0.0344. The Bertz CT molecular complexity index is 1250. The zero-order valence-electron chi connectivity index (χ0n) is 21.5. The molecule has 10 nitrogen and oxygen atoms in total. The minimum atomic E-state index is -4.38. The number of alkyl halides is 3. The number of alkyl carbamates (subject to hydrolysis) is 1. The summed E-state index contributed by atoms with van der Waals surface area (Å²) in [6, 6.07) is 2.20. The fourth-order valence-electron chi connectivity index (χ4n) is 3.83. The number of amides is 1. The molecule has 0 unspecified atom stereocenters. The Morgan fingerprint density at radius 1 is 1.21 bits per heavy atom. The van der Waals surface area contributed by atoms with Crippen LogP contribution in [0.1, 0.15) is 51.5 Å². The fourth-order valence-corrected chi connectivity index (χ4v) is 5.05. The molecular formula is C24H31F4N5O5S. The SMILES string of the molecule is C[C@@H](CC(F)(F)F)NC(=O)OCC1CC(c2cnc(Nc3ccc(S(=O)(=O)NCC(C)(C)O)cc3F)nc2)C1. The van der Waals surface area contributed by atoms with Crippen LogP contribution in [0.3, 0.4) is 0 Å². The van der Waals surface area contributed by atoms with E-state index < -0.39 is 46.2 Å². The van der Waals surface area contributed by atoms with Crippen LogP contribution in [-0.2, 0) is 14.8 Å². The number of anilines is 2. The van der Waals surface area contributed by atoms with Gasteiger partial charge >= 0.3 is 12.3 Å². The third-order valence-corrected chi connectivity index (χ3v) is 7.32. The van der Waals surface area contributed by atoms with Crippen LogP contribution in [0.15, 0.2) is 35.5 Å². The van der Waals surface area contributed by atoms with E-state index in [9.17, 15) is 35.9 Å². The van der Waals surface area contributed by atoms with Gasteiger partial charge in [0.2, 0.25) is 16.0 Å². The van der Waals surface area contributed by atoms with Crippen molar-refractivity contribution in [2.24, 2.45) is 5.92 Å². The van der Waals surface area contributed by atoms with Gasteiger partial charge in [0.15, 0.2) is 0 Å². The molecule has 39 heavy (non-hydrogen) atoms. The summed E-state index contributed by atoms with van der Waals surface area (Å²) in [5, 5.41) is 14.6. The highest BCUT2D eigenvalue weighted by molar-refractivity contribution is 7.89. The van der Waals surface area contributed by atoms with E-state index in [4.69, 9.17) is 4.74 Å². The summed E-state index contributed by atoms with van der Waals surface area (Å²) >= 11 is 0. The highest BCUT2D eigenvalue weighted by Gasteiger charge is 2.33. The van der Waals surface area contributed by atoms with Crippen LogP contribution in [0.5, 0.6) is 0 Å². The van der Waals surface area contributed by atoms with Gasteiger partial charge < -0.3 is 20.5 Å². The predicted octanol–water partition coefficient (Wildman–Crippen LogP) is 3.97. The number of carbonyl (C=O) groups excluding carboxylic acids is 1. The van der Waals surface area contributed by atoms with Crippen molar-refractivity contribution in [1.29, 1.82) is 0 Å². The Morgan fingerprint density at radius 3 is 2.41 bits per heavy atom. The summed E-state index contributed by atoms with van der Waals surface area (Å²) in [5.74, 6) is -0.583. The number of sulfonamides is 1. The average molecular weight is 578 g/mol. The molecule has 1 heterocycles. The third-order valence-electron chi connectivity index (χ3n) is 5.92. The summed E-state index contributed by atoms with van der Waals surface area (Å²) in [6.45, 7) is 3.95. The molecule has 1 aliphatic rings. The number of aliphatic hydroxyl groups is 1. The summed E-state index contributed by atoms with van der Waals surface area (Å²) < 4.78 is 83.5. The summed E-state index contributed by atoms with van der Waals surface area (Å²) in [7, 11) is -4.02. The van der Waals surface area contributed by atoms with Crippen LogP contribution < -0.4 is 15.4 Å². The van der Waals surface area contributed by atoms with Gasteiger partial charge in [0, 0.05) is 25.0 Å². The Morgan fingerprint density at radius 2 is 1.85 bits per heavy atom. The van der Waals surface area contributed by atoms with Crippen LogP contribution in [0.2, 0.25) is 0 Å². The molecule has 0 aliphatic heterocycles. The maximum atomic E-state index is 14.6. The first-order chi connectivity index (χ1) is 18.0. The number of nitrogens with zero attached hydrogens (tertiary/aromatic N) is 2. The van der Waals surface area contributed by atoms with Crippen LogP contribution in [0.4, 0.5) is 34.0 Å². The first-order valence-corrected chi connectivity index (χ1v) is 13.6. The number of hydrogen-bond donors (Lipinski definition) is 4. The van der Waals surface area contributed by atoms with Crippen molar-refractivity contribution in [3.63, 3.8) is 0 Å². The maximum Gasteiger partial charge on any atom is 0.407 e. The van der Waals surface area contributed by atoms with Gasteiger partial charge in [-0.15, -0.1) is 0 Å². The molecule has 2 aromatic rings. The molecule has 1 amide bonds. The second-order valence-corrected chi connectivity index (χ2v) is 12.0. The van der Waals surface area contributed by atoms with Gasteiger partial charge in [-0.25, -0.2) is 32.3 Å². The van der Waals surface area contributed by atoms with E-state index in [1.165, 1.54) is 32.9 Å². The Balaban J connectivity index is 1.46. The second-order valence-electron chi connectivity index (χ2n) is 10.2. The number of ether oxygens (including phenoxy) is 1. The standard InChI is InChI=1S/C24H31F4N5O5S/c1-14(9-24(26,27)28)32-22(34)38-12-15-6-16(7-15)17-10-29-21(30-11-17)33-20-5-4-18(8-19(20)25)39(36,37)31-13-23(2,3)35/h4-5,8,10-11,14-16,31,35H,6-7,9,12-13H2,1-3H3,(H,32,34)(H,29,30,33)/t14-,15?,16?/m0/s1. The van der Waals surface area contributed by atoms with E-state index in [0.29, 0.717) is 12.8 Å². The molecule has 1 atom stereocenters. The molecule has 0 bridgehead atoms. The lowest BCUT2D eigenvalue weighted by molar-refractivity contribution is -0.138. The zero-order chi connectivity index (χ0) is 29.0. The largest absolute Gasteiger partial charge is 0.449 e. The van der Waals surface area contributed by atoms with E-state index >= 15 is 0 Å². The lowest BCUT2D eigenvalue weighted by Crippen LogP contribution is -2.38. The van der Waals surface area contributed by atoms with Gasteiger partial charge in [-0.2, -0.15) is 13.2 Å². The minimum Gasteiger partial charge on any atom is -0.449 e. The maximum absolute atomic E-state index is 14.6. The number of nitrogens with one attached hydrogen (secondary N) is 3. The lowest BCUT2D eigenvalue weighted by Gasteiger charge is -2.34. The molecule has 3 rings (SSSR count). The monoisotopic (exact) mass is 577 g/mol. The van der Waals surface area contributed by atoms with Gasteiger partial charge in [-0.3, -0.25) is 0 Å². The van der Waals surface area contributed by atoms with E-state index in [0.717, 1.165) is 11.6 Å². The third kappa shape index (κ3) is 9.58. The molecule has 15 heteroatoms. The highest BCUT2D eigenvalue weighted by Crippen LogP contribution is 2.41. The number of aromatic nitrogens is 2. The molecule has 0 radical (unpaired) electrons. The number of benzene rings is 1. The lowest BCUT2D eigenvalue weighted by atomic mass is 9.72. The number of halogens is 4. The van der Waals surface area contributed by atoms with Crippen LogP contribution in [0.25, 0.3) is 0 Å². The van der Waals surface area contributed by atoms with E-state index in [1.807, 2.05) is 0 Å². The summed E-state index contributed by atoms with van der Waals surface area (Å²) in [6.07, 6.45) is -1.92. The van der Waals surface area contributed by atoms with Crippen molar-refractivity contribution in [2.45, 2.75) is 68.7 Å². The first-order valence-electron chi connectivity index (χ1n) is 12.1. The molecule has 0 spiro atoms.